The topological polar surface area (TPSA) is 92.9 Å². The number of oxazole rings is 1. The van der Waals surface area contributed by atoms with Crippen LogP contribution in [0.15, 0.2) is 47.1 Å². The molecule has 7 nitrogen and oxygen atoms in total. The molecule has 188 valence electrons. The van der Waals surface area contributed by atoms with Crippen molar-refractivity contribution in [3.63, 3.8) is 0 Å². The Hall–Kier alpha value is -3.35. The SMILES string of the molecule is CCCC/C=C/C(=O)N1Cc2cc(OCCc3coc(/C=C/CC(C)C)n3)ccc2C[C@H]1C(=O)O. The number of carbonyl (C=O) groups excluding carboxylic acids is 1. The fourth-order valence-electron chi connectivity index (χ4n) is 3.93. The zero-order valence-corrected chi connectivity index (χ0v) is 20.9. The number of benzene rings is 1. The maximum atomic E-state index is 12.7. The summed E-state index contributed by atoms with van der Waals surface area (Å²) in [5.74, 6) is 0.611. The molecule has 3 rings (SSSR count). The number of amides is 1. The Balaban J connectivity index is 1.59. The summed E-state index contributed by atoms with van der Waals surface area (Å²) < 4.78 is 11.4. The van der Waals surface area contributed by atoms with Crippen molar-refractivity contribution in [2.75, 3.05) is 6.61 Å². The first kappa shape index (κ1) is 26.3. The molecular formula is C28H36N2O5. The summed E-state index contributed by atoms with van der Waals surface area (Å²) >= 11 is 0. The average molecular weight is 481 g/mol. The van der Waals surface area contributed by atoms with Crippen LogP contribution in [0.4, 0.5) is 0 Å². The number of fused-ring (bicyclic) bond motifs is 1. The number of aromatic nitrogens is 1. The van der Waals surface area contributed by atoms with E-state index in [1.807, 2.05) is 30.4 Å². The number of unbranched alkanes of at least 4 members (excludes halogenated alkanes) is 2. The predicted molar refractivity (Wildman–Crippen MR) is 135 cm³/mol. The third kappa shape index (κ3) is 7.84. The van der Waals surface area contributed by atoms with E-state index in [9.17, 15) is 14.7 Å². The second kappa shape index (κ2) is 12.9. The Morgan fingerprint density at radius 2 is 2.11 bits per heavy atom. The van der Waals surface area contributed by atoms with Gasteiger partial charge in [-0.1, -0.05) is 51.8 Å². The van der Waals surface area contributed by atoms with Crippen LogP contribution in [0.1, 0.15) is 69.2 Å². The van der Waals surface area contributed by atoms with Crippen molar-refractivity contribution in [1.29, 1.82) is 0 Å². The van der Waals surface area contributed by atoms with Crippen LogP contribution in [0.25, 0.3) is 6.08 Å². The van der Waals surface area contributed by atoms with Crippen LogP contribution in [0.3, 0.4) is 0 Å². The van der Waals surface area contributed by atoms with E-state index in [0.717, 1.165) is 42.5 Å². The molecule has 2 heterocycles. The van der Waals surface area contributed by atoms with Crippen molar-refractivity contribution in [2.45, 2.75) is 71.9 Å². The average Bonchev–Trinajstić information content (AvgIpc) is 3.28. The molecule has 0 saturated heterocycles. The number of carbonyl (C=O) groups is 2. The lowest BCUT2D eigenvalue weighted by atomic mass is 9.93. The molecule has 0 radical (unpaired) electrons. The van der Waals surface area contributed by atoms with E-state index >= 15 is 0 Å². The molecule has 0 aliphatic carbocycles. The number of aliphatic carboxylic acids is 1. The molecule has 0 unspecified atom stereocenters. The highest BCUT2D eigenvalue weighted by Crippen LogP contribution is 2.28. The number of carboxylic acid groups (broad SMARTS) is 1. The van der Waals surface area contributed by atoms with Gasteiger partial charge in [-0.2, -0.15) is 0 Å². The molecule has 2 aromatic rings. The summed E-state index contributed by atoms with van der Waals surface area (Å²) in [6.45, 7) is 7.09. The van der Waals surface area contributed by atoms with Crippen molar-refractivity contribution in [1.82, 2.24) is 9.88 Å². The van der Waals surface area contributed by atoms with Gasteiger partial charge < -0.3 is 19.2 Å². The largest absolute Gasteiger partial charge is 0.493 e. The Labute approximate surface area is 207 Å². The van der Waals surface area contributed by atoms with Gasteiger partial charge >= 0.3 is 5.97 Å². The van der Waals surface area contributed by atoms with Crippen LogP contribution in [-0.2, 0) is 29.0 Å². The van der Waals surface area contributed by atoms with Crippen molar-refractivity contribution in [3.8, 4) is 5.75 Å². The van der Waals surface area contributed by atoms with Gasteiger partial charge in [-0.05, 0) is 54.2 Å². The van der Waals surface area contributed by atoms with E-state index in [4.69, 9.17) is 9.15 Å². The highest BCUT2D eigenvalue weighted by molar-refractivity contribution is 5.91. The first-order valence-electron chi connectivity index (χ1n) is 12.4. The van der Waals surface area contributed by atoms with Crippen LogP contribution < -0.4 is 4.74 Å². The number of carboxylic acids is 1. The van der Waals surface area contributed by atoms with Crippen LogP contribution in [0, 0.1) is 5.92 Å². The second-order valence-electron chi connectivity index (χ2n) is 9.31. The Morgan fingerprint density at radius 3 is 2.86 bits per heavy atom. The smallest absolute Gasteiger partial charge is 0.326 e. The number of nitrogens with zero attached hydrogens (tertiary/aromatic N) is 2. The number of hydrogen-bond acceptors (Lipinski definition) is 5. The van der Waals surface area contributed by atoms with Gasteiger partial charge in [-0.25, -0.2) is 9.78 Å². The van der Waals surface area contributed by atoms with Crippen LogP contribution in [0.2, 0.25) is 0 Å². The molecule has 0 bridgehead atoms. The molecule has 1 amide bonds. The molecule has 1 N–H and O–H groups in total. The third-order valence-corrected chi connectivity index (χ3v) is 5.93. The lowest BCUT2D eigenvalue weighted by Gasteiger charge is -2.34. The molecule has 1 aromatic carbocycles. The van der Waals surface area contributed by atoms with E-state index < -0.39 is 12.0 Å². The second-order valence-corrected chi connectivity index (χ2v) is 9.31. The normalized spacial score (nSPS) is 15.8. The van der Waals surface area contributed by atoms with Crippen LogP contribution >= 0.6 is 0 Å². The van der Waals surface area contributed by atoms with E-state index in [2.05, 4.69) is 31.8 Å². The van der Waals surface area contributed by atoms with Crippen LogP contribution in [0.5, 0.6) is 5.75 Å². The monoisotopic (exact) mass is 480 g/mol. The number of ether oxygens (including phenoxy) is 1. The van der Waals surface area contributed by atoms with Gasteiger partial charge in [0.1, 0.15) is 18.1 Å². The number of hydrogen-bond donors (Lipinski definition) is 1. The van der Waals surface area contributed by atoms with Gasteiger partial charge in [0.2, 0.25) is 11.8 Å². The van der Waals surface area contributed by atoms with E-state index in [1.165, 1.54) is 11.0 Å². The minimum atomic E-state index is -0.989. The molecule has 1 aliphatic rings. The Kier molecular flexibility index (Phi) is 9.70. The fourth-order valence-corrected chi connectivity index (χ4v) is 3.93. The quantitative estimate of drug-likeness (QED) is 0.321. The van der Waals surface area contributed by atoms with Gasteiger partial charge in [0.15, 0.2) is 0 Å². The van der Waals surface area contributed by atoms with Gasteiger partial charge in [0.05, 0.1) is 12.3 Å². The first-order valence-corrected chi connectivity index (χ1v) is 12.4. The molecule has 0 saturated carbocycles. The Bertz CT molecular complexity index is 1050. The molecule has 1 aromatic heterocycles. The van der Waals surface area contributed by atoms with Crippen molar-refractivity contribution in [3.05, 3.63) is 65.4 Å². The van der Waals surface area contributed by atoms with Crippen molar-refractivity contribution >= 4 is 18.0 Å². The standard InChI is InChI=1S/C28H36N2O5/c1-4-5-6-7-11-27(31)30-18-22-16-24(13-12-21(22)17-25(30)28(32)33)34-15-14-23-19-35-26(29-23)10-8-9-20(2)3/h7-8,10-13,16,19-20,25H,4-6,9,14-15,17-18H2,1-3H3,(H,32,33)/b10-8+,11-7+/t25-/m0/s1. The molecule has 7 heteroatoms. The summed E-state index contributed by atoms with van der Waals surface area (Å²) in [6, 6.07) is 4.78. The predicted octanol–water partition coefficient (Wildman–Crippen LogP) is 5.44. The maximum absolute atomic E-state index is 12.7. The minimum Gasteiger partial charge on any atom is -0.493 e. The summed E-state index contributed by atoms with van der Waals surface area (Å²) in [5.41, 5.74) is 2.66. The van der Waals surface area contributed by atoms with Gasteiger partial charge in [-0.15, -0.1) is 0 Å². The fraction of sp³-hybridized carbons (Fsp3) is 0.464. The van der Waals surface area contributed by atoms with Gasteiger partial charge in [0, 0.05) is 19.4 Å². The van der Waals surface area contributed by atoms with Crippen molar-refractivity contribution < 1.29 is 23.8 Å². The molecule has 1 aliphatic heterocycles. The number of rotatable bonds is 12. The minimum absolute atomic E-state index is 0.246. The zero-order valence-electron chi connectivity index (χ0n) is 20.9. The van der Waals surface area contributed by atoms with Crippen molar-refractivity contribution in [2.24, 2.45) is 5.92 Å². The third-order valence-electron chi connectivity index (χ3n) is 5.93. The van der Waals surface area contributed by atoms with E-state index in [-0.39, 0.29) is 18.9 Å². The highest BCUT2D eigenvalue weighted by Gasteiger charge is 2.33. The van der Waals surface area contributed by atoms with Crippen LogP contribution in [-0.4, -0.2) is 39.5 Å². The molecule has 1 atom stereocenters. The van der Waals surface area contributed by atoms with E-state index in [1.54, 1.807) is 6.26 Å². The van der Waals surface area contributed by atoms with E-state index in [0.29, 0.717) is 30.6 Å². The molecule has 0 fully saturated rings. The molecule has 0 spiro atoms. The number of allylic oxidation sites excluding steroid dienone is 2. The van der Waals surface area contributed by atoms with Gasteiger partial charge in [-0.3, -0.25) is 4.79 Å². The summed E-state index contributed by atoms with van der Waals surface area (Å²) in [5, 5.41) is 9.68. The lowest BCUT2D eigenvalue weighted by Crippen LogP contribution is -2.48. The van der Waals surface area contributed by atoms with Gasteiger partial charge in [0.25, 0.3) is 0 Å². The zero-order chi connectivity index (χ0) is 25.2. The highest BCUT2D eigenvalue weighted by atomic mass is 16.5. The summed E-state index contributed by atoms with van der Waals surface area (Å²) in [6.07, 6.45) is 13.7. The summed E-state index contributed by atoms with van der Waals surface area (Å²) in [4.78, 5) is 30.4. The molecule has 35 heavy (non-hydrogen) atoms. The Morgan fingerprint density at radius 1 is 1.29 bits per heavy atom. The lowest BCUT2D eigenvalue weighted by molar-refractivity contribution is -0.149. The molecular weight excluding hydrogens is 444 g/mol. The maximum Gasteiger partial charge on any atom is 0.326 e. The summed E-state index contributed by atoms with van der Waals surface area (Å²) in [7, 11) is 0. The first-order chi connectivity index (χ1) is 16.9.